The maximum atomic E-state index is 13.8. The molecule has 4 aliphatic rings. The molecule has 3 aliphatic heterocycles. The molecule has 3 unspecified atom stereocenters. The lowest BCUT2D eigenvalue weighted by Gasteiger charge is -2.34. The van der Waals surface area contributed by atoms with Crippen LogP contribution in [-0.2, 0) is 23.9 Å². The molecule has 3 heterocycles. The third-order valence-electron chi connectivity index (χ3n) is 7.88. The Labute approximate surface area is 216 Å². The first-order valence-corrected chi connectivity index (χ1v) is 13.4. The van der Waals surface area contributed by atoms with Gasteiger partial charge in [0.15, 0.2) is 0 Å². The van der Waals surface area contributed by atoms with Gasteiger partial charge in [0.1, 0.15) is 11.6 Å². The highest BCUT2D eigenvalue weighted by Crippen LogP contribution is 2.55. The molecule has 3 amide bonds. The first-order chi connectivity index (χ1) is 17.4. The zero-order valence-corrected chi connectivity index (χ0v) is 21.3. The van der Waals surface area contributed by atoms with E-state index < -0.39 is 29.6 Å². The molecular weight excluding hydrogens is 482 g/mol. The summed E-state index contributed by atoms with van der Waals surface area (Å²) in [5, 5.41) is 6.68. The van der Waals surface area contributed by atoms with E-state index in [0.29, 0.717) is 36.9 Å². The number of benzene rings is 1. The van der Waals surface area contributed by atoms with Gasteiger partial charge in [0.25, 0.3) is 0 Å². The number of amides is 3. The van der Waals surface area contributed by atoms with E-state index in [9.17, 15) is 14.4 Å². The van der Waals surface area contributed by atoms with E-state index >= 15 is 0 Å². The molecule has 2 bridgehead atoms. The van der Waals surface area contributed by atoms with Gasteiger partial charge in [0.2, 0.25) is 17.7 Å². The SMILES string of the molecule is CCOCCCN1C(=O)[C@H]2C(C(=O)Nc3ccc(Cl)cc3)[C@H]3C=CC2(O3)C1C(=O)NC1CCCCC1. The Balaban J connectivity index is 1.40. The lowest BCUT2D eigenvalue weighted by molar-refractivity contribution is -0.141. The van der Waals surface area contributed by atoms with Gasteiger partial charge in [-0.25, -0.2) is 0 Å². The normalized spacial score (nSPS) is 31.1. The van der Waals surface area contributed by atoms with E-state index in [1.807, 2.05) is 19.1 Å². The van der Waals surface area contributed by atoms with Crippen molar-refractivity contribution in [1.82, 2.24) is 10.2 Å². The van der Waals surface area contributed by atoms with Crippen molar-refractivity contribution in [3.63, 3.8) is 0 Å². The molecule has 1 saturated carbocycles. The first kappa shape index (κ1) is 25.2. The van der Waals surface area contributed by atoms with Gasteiger partial charge >= 0.3 is 0 Å². The maximum absolute atomic E-state index is 13.8. The molecule has 8 nitrogen and oxygen atoms in total. The zero-order valence-electron chi connectivity index (χ0n) is 20.6. The van der Waals surface area contributed by atoms with Crippen LogP contribution in [0.4, 0.5) is 5.69 Å². The van der Waals surface area contributed by atoms with E-state index in [4.69, 9.17) is 21.1 Å². The van der Waals surface area contributed by atoms with Gasteiger partial charge < -0.3 is 25.0 Å². The molecule has 36 heavy (non-hydrogen) atoms. The Morgan fingerprint density at radius 2 is 1.92 bits per heavy atom. The van der Waals surface area contributed by atoms with E-state index in [1.165, 1.54) is 6.42 Å². The monoisotopic (exact) mass is 515 g/mol. The fourth-order valence-corrected chi connectivity index (χ4v) is 6.40. The highest BCUT2D eigenvalue weighted by molar-refractivity contribution is 6.30. The summed E-state index contributed by atoms with van der Waals surface area (Å²) in [4.78, 5) is 42.6. The second kappa shape index (κ2) is 10.5. The van der Waals surface area contributed by atoms with Crippen molar-refractivity contribution in [2.75, 3.05) is 25.1 Å². The molecule has 1 aliphatic carbocycles. The highest BCUT2D eigenvalue weighted by atomic mass is 35.5. The molecule has 2 saturated heterocycles. The highest BCUT2D eigenvalue weighted by Gasteiger charge is 2.72. The van der Waals surface area contributed by atoms with E-state index in [1.54, 1.807) is 29.2 Å². The Kier molecular flexibility index (Phi) is 7.37. The first-order valence-electron chi connectivity index (χ1n) is 13.1. The Hall–Kier alpha value is -2.42. The lowest BCUT2D eigenvalue weighted by atomic mass is 9.74. The number of ether oxygens (including phenoxy) is 2. The van der Waals surface area contributed by atoms with Crippen molar-refractivity contribution in [2.45, 2.75) is 69.2 Å². The number of rotatable bonds is 9. The summed E-state index contributed by atoms with van der Waals surface area (Å²) >= 11 is 5.97. The van der Waals surface area contributed by atoms with Crippen LogP contribution < -0.4 is 10.6 Å². The molecule has 5 rings (SSSR count). The summed E-state index contributed by atoms with van der Waals surface area (Å²) < 4.78 is 11.9. The van der Waals surface area contributed by atoms with Gasteiger partial charge in [-0.15, -0.1) is 0 Å². The van der Waals surface area contributed by atoms with Crippen molar-refractivity contribution in [1.29, 1.82) is 0 Å². The molecule has 194 valence electrons. The molecule has 9 heteroatoms. The molecule has 1 aromatic carbocycles. The molecule has 0 aromatic heterocycles. The number of hydrogen-bond donors (Lipinski definition) is 2. The van der Waals surface area contributed by atoms with Crippen molar-refractivity contribution in [2.24, 2.45) is 11.8 Å². The number of halogens is 1. The Morgan fingerprint density at radius 3 is 2.64 bits per heavy atom. The summed E-state index contributed by atoms with van der Waals surface area (Å²) in [7, 11) is 0. The van der Waals surface area contributed by atoms with Crippen molar-refractivity contribution < 1.29 is 23.9 Å². The van der Waals surface area contributed by atoms with Gasteiger partial charge in [0.05, 0.1) is 17.9 Å². The van der Waals surface area contributed by atoms with Crippen LogP contribution in [0.15, 0.2) is 36.4 Å². The van der Waals surface area contributed by atoms with Gasteiger partial charge in [-0.05, 0) is 50.5 Å². The van der Waals surface area contributed by atoms with Gasteiger partial charge in [-0.2, -0.15) is 0 Å². The third kappa shape index (κ3) is 4.55. The van der Waals surface area contributed by atoms with Crippen LogP contribution in [0.1, 0.15) is 45.4 Å². The largest absolute Gasteiger partial charge is 0.382 e. The quantitative estimate of drug-likeness (QED) is 0.388. The topological polar surface area (TPSA) is 97.0 Å². The number of fused-ring (bicyclic) bond motifs is 1. The maximum Gasteiger partial charge on any atom is 0.246 e. The van der Waals surface area contributed by atoms with Gasteiger partial charge in [-0.1, -0.05) is 43.0 Å². The average molecular weight is 516 g/mol. The molecule has 5 atom stereocenters. The van der Waals surface area contributed by atoms with Crippen LogP contribution in [0.2, 0.25) is 5.02 Å². The summed E-state index contributed by atoms with van der Waals surface area (Å²) in [5.41, 5.74) is -0.551. The minimum atomic E-state index is -1.14. The molecule has 2 N–H and O–H groups in total. The van der Waals surface area contributed by atoms with E-state index in [2.05, 4.69) is 10.6 Å². The number of likely N-dealkylation sites (tertiary alicyclic amines) is 1. The molecule has 0 radical (unpaired) electrons. The summed E-state index contributed by atoms with van der Waals surface area (Å²) in [6.45, 7) is 3.38. The molecule has 1 spiro atoms. The van der Waals surface area contributed by atoms with Gasteiger partial charge in [0, 0.05) is 36.5 Å². The van der Waals surface area contributed by atoms with Crippen molar-refractivity contribution in [3.05, 3.63) is 41.4 Å². The number of carbonyl (C=O) groups excluding carboxylic acids is 3. The van der Waals surface area contributed by atoms with E-state index in [0.717, 1.165) is 25.7 Å². The van der Waals surface area contributed by atoms with Crippen LogP contribution in [0.5, 0.6) is 0 Å². The number of anilines is 1. The van der Waals surface area contributed by atoms with Crippen LogP contribution >= 0.6 is 11.6 Å². The lowest BCUT2D eigenvalue weighted by Crippen LogP contribution is -2.56. The fraction of sp³-hybridized carbons (Fsp3) is 0.593. The second-order valence-electron chi connectivity index (χ2n) is 10.1. The van der Waals surface area contributed by atoms with Crippen LogP contribution in [0.25, 0.3) is 0 Å². The van der Waals surface area contributed by atoms with Gasteiger partial charge in [-0.3, -0.25) is 14.4 Å². The predicted octanol–water partition coefficient (Wildman–Crippen LogP) is 3.30. The Morgan fingerprint density at radius 1 is 1.17 bits per heavy atom. The molecule has 1 aromatic rings. The fourth-order valence-electron chi connectivity index (χ4n) is 6.27. The Bertz CT molecular complexity index is 1020. The summed E-state index contributed by atoms with van der Waals surface area (Å²) in [5.74, 6) is -2.18. The predicted molar refractivity (Wildman–Crippen MR) is 135 cm³/mol. The number of nitrogens with zero attached hydrogens (tertiary/aromatic N) is 1. The smallest absolute Gasteiger partial charge is 0.246 e. The number of hydrogen-bond acceptors (Lipinski definition) is 5. The third-order valence-corrected chi connectivity index (χ3v) is 8.13. The molecule has 3 fully saturated rings. The zero-order chi connectivity index (χ0) is 25.3. The average Bonchev–Trinajstić information content (AvgIpc) is 3.51. The minimum absolute atomic E-state index is 0.105. The van der Waals surface area contributed by atoms with Crippen LogP contribution in [0.3, 0.4) is 0 Å². The van der Waals surface area contributed by atoms with E-state index in [-0.39, 0.29) is 23.8 Å². The number of nitrogens with one attached hydrogen (secondary N) is 2. The number of carbonyl (C=O) groups is 3. The van der Waals surface area contributed by atoms with Crippen LogP contribution in [-0.4, -0.2) is 66.2 Å². The summed E-state index contributed by atoms with van der Waals surface area (Å²) in [6, 6.07) is 6.12. The van der Waals surface area contributed by atoms with Crippen molar-refractivity contribution >= 4 is 35.0 Å². The van der Waals surface area contributed by atoms with Crippen LogP contribution in [0, 0.1) is 11.8 Å². The minimum Gasteiger partial charge on any atom is -0.382 e. The summed E-state index contributed by atoms with van der Waals surface area (Å²) in [6.07, 6.45) is 8.98. The molecular formula is C27H34ClN3O5. The van der Waals surface area contributed by atoms with Crippen molar-refractivity contribution in [3.8, 4) is 0 Å². The second-order valence-corrected chi connectivity index (χ2v) is 10.6. The standard InChI is InChI=1S/C27H34ClN3O5/c1-2-35-16-6-15-31-23(25(33)30-18-7-4-3-5-8-18)27-14-13-20(36-27)21(22(27)26(31)34)24(32)29-19-11-9-17(28)10-12-19/h9-14,18,20-23H,2-8,15-16H2,1H3,(H,29,32)(H,30,33)/t20-,21?,22-,23?,27?/m1/s1.